The zero-order valence-electron chi connectivity index (χ0n) is 17.3. The number of benzene rings is 1. The molecule has 0 bridgehead atoms. The van der Waals surface area contributed by atoms with Crippen molar-refractivity contribution >= 4 is 23.1 Å². The van der Waals surface area contributed by atoms with Gasteiger partial charge in [0.2, 0.25) is 0 Å². The molecule has 2 aliphatic heterocycles. The standard InChI is InChI=1S/C22H30N6O/c1-17-7-9-28(10-8-17)21-15-20(23-16-24-21)22(29)25-18-3-5-19(6-4-18)27-13-11-26(2)12-14-27/h3-6,15-17H,7-14H2,1-2H3,(H,25,29). The number of nitrogens with one attached hydrogen (secondary N) is 1. The molecule has 2 fully saturated rings. The lowest BCUT2D eigenvalue weighted by Gasteiger charge is -2.34. The fourth-order valence-electron chi connectivity index (χ4n) is 3.90. The molecular weight excluding hydrogens is 364 g/mol. The number of amides is 1. The highest BCUT2D eigenvalue weighted by Crippen LogP contribution is 2.22. The number of nitrogens with zero attached hydrogens (tertiary/aromatic N) is 5. The quantitative estimate of drug-likeness (QED) is 0.860. The first-order chi connectivity index (χ1) is 14.1. The van der Waals surface area contributed by atoms with Crippen LogP contribution in [0.2, 0.25) is 0 Å². The Kier molecular flexibility index (Phi) is 5.94. The predicted molar refractivity (Wildman–Crippen MR) is 117 cm³/mol. The van der Waals surface area contributed by atoms with Crippen LogP contribution in [0, 0.1) is 5.92 Å². The first-order valence-electron chi connectivity index (χ1n) is 10.5. The molecule has 1 aromatic heterocycles. The molecular formula is C22H30N6O. The van der Waals surface area contributed by atoms with Crippen LogP contribution in [0.3, 0.4) is 0 Å². The molecule has 2 saturated heterocycles. The normalized spacial score (nSPS) is 18.7. The smallest absolute Gasteiger partial charge is 0.274 e. The molecule has 1 amide bonds. The van der Waals surface area contributed by atoms with Crippen LogP contribution in [-0.4, -0.2) is 67.1 Å². The Labute approximate surface area is 172 Å². The molecule has 154 valence electrons. The van der Waals surface area contributed by atoms with Gasteiger partial charge >= 0.3 is 0 Å². The van der Waals surface area contributed by atoms with Crippen molar-refractivity contribution in [1.82, 2.24) is 14.9 Å². The van der Waals surface area contributed by atoms with Crippen LogP contribution in [0.25, 0.3) is 0 Å². The van der Waals surface area contributed by atoms with E-state index in [1.54, 1.807) is 6.07 Å². The van der Waals surface area contributed by atoms with Gasteiger partial charge in [0.05, 0.1) is 0 Å². The lowest BCUT2D eigenvalue weighted by molar-refractivity contribution is 0.102. The van der Waals surface area contributed by atoms with Gasteiger partial charge in [0.25, 0.3) is 5.91 Å². The lowest BCUT2D eigenvalue weighted by atomic mass is 9.99. The Morgan fingerprint density at radius 1 is 0.966 bits per heavy atom. The molecule has 29 heavy (non-hydrogen) atoms. The monoisotopic (exact) mass is 394 g/mol. The molecule has 7 nitrogen and oxygen atoms in total. The van der Waals surface area contributed by atoms with E-state index in [4.69, 9.17) is 0 Å². The summed E-state index contributed by atoms with van der Waals surface area (Å²) in [6.45, 7) is 8.45. The van der Waals surface area contributed by atoms with E-state index < -0.39 is 0 Å². The Bertz CT molecular complexity index is 823. The molecule has 4 rings (SSSR count). The van der Waals surface area contributed by atoms with Gasteiger partial charge in [-0.25, -0.2) is 9.97 Å². The minimum Gasteiger partial charge on any atom is -0.369 e. The summed E-state index contributed by atoms with van der Waals surface area (Å²) >= 11 is 0. The number of hydrogen-bond donors (Lipinski definition) is 1. The number of piperazine rings is 1. The van der Waals surface area contributed by atoms with Crippen molar-refractivity contribution in [3.05, 3.63) is 42.4 Å². The molecule has 3 heterocycles. The van der Waals surface area contributed by atoms with E-state index in [0.717, 1.165) is 69.5 Å². The van der Waals surface area contributed by atoms with Crippen LogP contribution in [0.15, 0.2) is 36.7 Å². The topological polar surface area (TPSA) is 64.6 Å². The number of carbonyl (C=O) groups is 1. The fraction of sp³-hybridized carbons (Fsp3) is 0.500. The average molecular weight is 395 g/mol. The number of piperidine rings is 1. The van der Waals surface area contributed by atoms with Crippen molar-refractivity contribution in [2.24, 2.45) is 5.92 Å². The molecule has 1 aromatic carbocycles. The van der Waals surface area contributed by atoms with E-state index in [1.165, 1.54) is 12.0 Å². The van der Waals surface area contributed by atoms with Gasteiger partial charge in [-0.15, -0.1) is 0 Å². The zero-order valence-corrected chi connectivity index (χ0v) is 17.3. The summed E-state index contributed by atoms with van der Waals surface area (Å²) in [4.78, 5) is 28.2. The molecule has 1 N–H and O–H groups in total. The molecule has 0 atom stereocenters. The minimum atomic E-state index is -0.202. The molecule has 0 saturated carbocycles. The first-order valence-corrected chi connectivity index (χ1v) is 10.5. The molecule has 0 unspecified atom stereocenters. The second-order valence-corrected chi connectivity index (χ2v) is 8.22. The third-order valence-corrected chi connectivity index (χ3v) is 5.99. The van der Waals surface area contributed by atoms with E-state index in [9.17, 15) is 4.79 Å². The number of aromatic nitrogens is 2. The summed E-state index contributed by atoms with van der Waals surface area (Å²) in [5, 5.41) is 2.96. The highest BCUT2D eigenvalue weighted by Gasteiger charge is 2.19. The van der Waals surface area contributed by atoms with Crippen molar-refractivity contribution in [2.45, 2.75) is 19.8 Å². The molecule has 0 spiro atoms. The van der Waals surface area contributed by atoms with Crippen LogP contribution in [0.5, 0.6) is 0 Å². The Hall–Kier alpha value is -2.67. The van der Waals surface area contributed by atoms with Crippen LogP contribution < -0.4 is 15.1 Å². The van der Waals surface area contributed by atoms with Crippen LogP contribution in [0.1, 0.15) is 30.3 Å². The van der Waals surface area contributed by atoms with Gasteiger partial charge in [-0.1, -0.05) is 6.92 Å². The number of hydrogen-bond acceptors (Lipinski definition) is 6. The highest BCUT2D eigenvalue weighted by atomic mass is 16.1. The third-order valence-electron chi connectivity index (χ3n) is 5.99. The fourth-order valence-corrected chi connectivity index (χ4v) is 3.90. The SMILES string of the molecule is CC1CCN(c2cc(C(=O)Nc3ccc(N4CCN(C)CC4)cc3)ncn2)CC1. The second-order valence-electron chi connectivity index (χ2n) is 8.22. The second kappa shape index (κ2) is 8.78. The van der Waals surface area contributed by atoms with Gasteiger partial charge in [0.1, 0.15) is 17.8 Å². The molecule has 0 aliphatic carbocycles. The maximum atomic E-state index is 12.7. The summed E-state index contributed by atoms with van der Waals surface area (Å²) in [6.07, 6.45) is 3.80. The lowest BCUT2D eigenvalue weighted by Crippen LogP contribution is -2.44. The van der Waals surface area contributed by atoms with Crippen molar-refractivity contribution in [2.75, 3.05) is 61.4 Å². The highest BCUT2D eigenvalue weighted by molar-refractivity contribution is 6.03. The van der Waals surface area contributed by atoms with Gasteiger partial charge in [0, 0.05) is 56.7 Å². The molecule has 2 aromatic rings. The molecule has 2 aliphatic rings. The number of likely N-dealkylation sites (N-methyl/N-ethyl adjacent to an activating group) is 1. The summed E-state index contributed by atoms with van der Waals surface area (Å²) in [7, 11) is 2.15. The maximum Gasteiger partial charge on any atom is 0.274 e. The Morgan fingerprint density at radius 3 is 2.34 bits per heavy atom. The van der Waals surface area contributed by atoms with Gasteiger partial charge in [0.15, 0.2) is 0 Å². The van der Waals surface area contributed by atoms with E-state index >= 15 is 0 Å². The summed E-state index contributed by atoms with van der Waals surface area (Å²) < 4.78 is 0. The largest absolute Gasteiger partial charge is 0.369 e. The van der Waals surface area contributed by atoms with E-state index in [0.29, 0.717) is 5.69 Å². The number of rotatable bonds is 4. The Balaban J connectivity index is 1.38. The van der Waals surface area contributed by atoms with Crippen LogP contribution >= 0.6 is 0 Å². The Morgan fingerprint density at radius 2 is 1.66 bits per heavy atom. The number of carbonyl (C=O) groups excluding carboxylic acids is 1. The van der Waals surface area contributed by atoms with Gasteiger partial charge in [-0.3, -0.25) is 4.79 Å². The van der Waals surface area contributed by atoms with Gasteiger partial charge in [-0.2, -0.15) is 0 Å². The maximum absolute atomic E-state index is 12.7. The van der Waals surface area contributed by atoms with Crippen molar-refractivity contribution < 1.29 is 4.79 Å². The predicted octanol–water partition coefficient (Wildman–Crippen LogP) is 2.72. The molecule has 7 heteroatoms. The number of anilines is 3. The van der Waals surface area contributed by atoms with Crippen molar-refractivity contribution in [3.8, 4) is 0 Å². The van der Waals surface area contributed by atoms with E-state index in [2.05, 4.69) is 56.1 Å². The van der Waals surface area contributed by atoms with E-state index in [-0.39, 0.29) is 5.91 Å². The first kappa shape index (κ1) is 19.6. The van der Waals surface area contributed by atoms with Crippen LogP contribution in [-0.2, 0) is 0 Å². The minimum absolute atomic E-state index is 0.202. The van der Waals surface area contributed by atoms with Crippen LogP contribution in [0.4, 0.5) is 17.2 Å². The summed E-state index contributed by atoms with van der Waals surface area (Å²) in [5.41, 5.74) is 2.37. The van der Waals surface area contributed by atoms with Gasteiger partial charge in [-0.05, 0) is 50.1 Å². The van der Waals surface area contributed by atoms with Crippen molar-refractivity contribution in [1.29, 1.82) is 0 Å². The van der Waals surface area contributed by atoms with Gasteiger partial charge < -0.3 is 20.0 Å². The molecule has 0 radical (unpaired) electrons. The average Bonchev–Trinajstić information content (AvgIpc) is 2.75. The van der Waals surface area contributed by atoms with Crippen molar-refractivity contribution in [3.63, 3.8) is 0 Å². The zero-order chi connectivity index (χ0) is 20.2. The summed E-state index contributed by atoms with van der Waals surface area (Å²) in [6, 6.07) is 9.85. The van der Waals surface area contributed by atoms with E-state index in [1.807, 2.05) is 12.1 Å². The summed E-state index contributed by atoms with van der Waals surface area (Å²) in [5.74, 6) is 1.39. The third kappa shape index (κ3) is 4.85.